The monoisotopic (exact) mass is 578 g/mol. The van der Waals surface area contributed by atoms with Crippen molar-refractivity contribution in [3.8, 4) is 0 Å². The van der Waals surface area contributed by atoms with E-state index in [1.165, 1.54) is 0 Å². The molecule has 86 valence electrons. The minimum absolute atomic E-state index is 0. The van der Waals surface area contributed by atoms with Crippen LogP contribution in [0.2, 0.25) is 0 Å². The smallest absolute Gasteiger partial charge is 0.405 e. The third kappa shape index (κ3) is 583. The van der Waals surface area contributed by atoms with E-state index in [0.717, 1.165) is 0 Å². The Kier molecular flexibility index (Phi) is 36.1. The second-order valence-corrected chi connectivity index (χ2v) is 2.95. The molecular formula is AuBr3O9. The zero-order valence-electron chi connectivity index (χ0n) is 5.11. The van der Waals surface area contributed by atoms with E-state index in [1.54, 1.807) is 0 Å². The van der Waals surface area contributed by atoms with Gasteiger partial charge in [-0.05, 0) is 0 Å². The Hall–Kier alpha value is 1.82. The summed E-state index contributed by atoms with van der Waals surface area (Å²) in [4.78, 5) is 0. The number of hydrogen-bond acceptors (Lipinski definition) is 9. The van der Waals surface area contributed by atoms with Crippen molar-refractivity contribution in [3.63, 3.8) is 0 Å². The quantitative estimate of drug-likeness (QED) is 0.249. The maximum Gasteiger partial charge on any atom is 3.00 e. The minimum Gasteiger partial charge on any atom is -0.405 e. The Balaban J connectivity index is -0.0000000450. The fourth-order valence-electron chi connectivity index (χ4n) is 0. The van der Waals surface area contributed by atoms with E-state index in [0.29, 0.717) is 0 Å². The van der Waals surface area contributed by atoms with Gasteiger partial charge in [-0.1, -0.05) is 0 Å². The third-order valence-corrected chi connectivity index (χ3v) is 0. The van der Waals surface area contributed by atoms with Crippen molar-refractivity contribution in [1.29, 1.82) is 0 Å². The predicted molar refractivity (Wildman–Crippen MR) is 0 cm³/mol. The summed E-state index contributed by atoms with van der Waals surface area (Å²) in [5.41, 5.74) is 0. The van der Waals surface area contributed by atoms with Gasteiger partial charge < -0.3 is 37.8 Å². The SMILES string of the molecule is [Au+3].[O-][Br+2]([O-])[O-].[O-][Br+2]([O-])[O-].[O-][Br+2]([O-])[O-]. The number of hydrogen-bond donors (Lipinski definition) is 0. The van der Waals surface area contributed by atoms with E-state index in [2.05, 4.69) is 0 Å². The molecule has 0 unspecified atom stereocenters. The molecule has 0 atom stereocenters. The van der Waals surface area contributed by atoms with E-state index in [9.17, 15) is 0 Å². The molecule has 0 radical (unpaired) electrons. The molecule has 13 heteroatoms. The van der Waals surface area contributed by atoms with Crippen LogP contribution in [0.3, 0.4) is 0 Å². The molecule has 0 saturated carbocycles. The maximum atomic E-state index is 8.52. The molecule has 0 aromatic rings. The summed E-state index contributed by atoms with van der Waals surface area (Å²) in [5.74, 6) is 0. The van der Waals surface area contributed by atoms with Crippen LogP contribution in [-0.4, -0.2) is 0 Å². The van der Waals surface area contributed by atoms with E-state index in [-0.39, 0.29) is 22.4 Å². The van der Waals surface area contributed by atoms with Gasteiger partial charge in [-0.3, -0.25) is 0 Å². The van der Waals surface area contributed by atoms with Crippen LogP contribution in [-0.2, 0) is 22.4 Å². The van der Waals surface area contributed by atoms with Gasteiger partial charge >= 0.3 is 22.4 Å². The molecule has 0 N–H and O–H groups in total. The molecule has 9 nitrogen and oxygen atoms in total. The molecule has 0 spiro atoms. The molecule has 0 saturated heterocycles. The molecule has 0 aromatic heterocycles. The number of rotatable bonds is 0. The van der Waals surface area contributed by atoms with Crippen molar-refractivity contribution < 1.29 is 105 Å². The van der Waals surface area contributed by atoms with Crippen LogP contribution in [0, 0.1) is 44.4 Å². The Morgan fingerprint density at radius 2 is 0.385 bits per heavy atom. The Bertz CT molecular complexity index is 43.4. The summed E-state index contributed by atoms with van der Waals surface area (Å²) >= 11 is -10.9. The van der Waals surface area contributed by atoms with Crippen molar-refractivity contribution >= 4 is 0 Å². The van der Waals surface area contributed by atoms with Gasteiger partial charge in [0.25, 0.3) is 0 Å². The van der Waals surface area contributed by atoms with Crippen molar-refractivity contribution in [1.82, 2.24) is 0 Å². The van der Waals surface area contributed by atoms with Gasteiger partial charge in [0, 0.05) is 0 Å². The van der Waals surface area contributed by atoms with E-state index < -0.39 is 44.4 Å². The first-order valence-electron chi connectivity index (χ1n) is 1.39. The topological polar surface area (TPSA) is 208 Å². The molecule has 0 rings (SSSR count). The van der Waals surface area contributed by atoms with Crippen molar-refractivity contribution in [2.45, 2.75) is 0 Å². The molecule has 0 amide bonds. The zero-order chi connectivity index (χ0) is 10.7. The molecule has 0 heterocycles. The van der Waals surface area contributed by atoms with Gasteiger partial charge in [0.05, 0.1) is 0 Å². The van der Waals surface area contributed by atoms with Gasteiger partial charge in [-0.15, -0.1) is 0 Å². The summed E-state index contributed by atoms with van der Waals surface area (Å²) in [6.07, 6.45) is 0. The predicted octanol–water partition coefficient (Wildman–Crippen LogP) is -10.7. The Morgan fingerprint density at radius 3 is 0.385 bits per heavy atom. The van der Waals surface area contributed by atoms with Gasteiger partial charge in [0.2, 0.25) is 44.4 Å². The molecule has 0 aliphatic heterocycles. The molecule has 0 bridgehead atoms. The van der Waals surface area contributed by atoms with Crippen LogP contribution < -0.4 is 37.8 Å². The standard InChI is InChI=1S/Au.3BrO3/c;3*2-1(3)4/q+3;3*-1. The second kappa shape index (κ2) is 19.4. The van der Waals surface area contributed by atoms with Crippen LogP contribution in [0.25, 0.3) is 0 Å². The van der Waals surface area contributed by atoms with Crippen molar-refractivity contribution in [2.24, 2.45) is 0 Å². The summed E-state index contributed by atoms with van der Waals surface area (Å²) in [7, 11) is 0. The molecular weight excluding hydrogens is 581 g/mol. The van der Waals surface area contributed by atoms with Crippen molar-refractivity contribution in [2.75, 3.05) is 0 Å². The van der Waals surface area contributed by atoms with Crippen LogP contribution >= 0.6 is 0 Å². The van der Waals surface area contributed by atoms with E-state index >= 15 is 0 Å². The van der Waals surface area contributed by atoms with Crippen molar-refractivity contribution in [3.05, 3.63) is 0 Å². The normalized spacial score (nSPS) is 8.31. The third-order valence-electron chi connectivity index (χ3n) is 0. The molecule has 0 aliphatic rings. The second-order valence-electron chi connectivity index (χ2n) is 0.567. The molecule has 0 aromatic carbocycles. The van der Waals surface area contributed by atoms with Crippen LogP contribution in [0.4, 0.5) is 0 Å². The summed E-state index contributed by atoms with van der Waals surface area (Å²) in [6.45, 7) is 0. The maximum absolute atomic E-state index is 8.52. The first-order chi connectivity index (χ1) is 5.20. The zero-order valence-corrected chi connectivity index (χ0v) is 12.0. The average Bonchev–Trinajstić information content (AvgIpc) is 1.54. The fraction of sp³-hybridized carbons (Fsp3) is 0. The van der Waals surface area contributed by atoms with Gasteiger partial charge in [-0.25, -0.2) is 0 Å². The fourth-order valence-corrected chi connectivity index (χ4v) is 0. The first kappa shape index (κ1) is 24.2. The van der Waals surface area contributed by atoms with Gasteiger partial charge in [0.15, 0.2) is 0 Å². The molecule has 13 heavy (non-hydrogen) atoms. The number of halogens is 3. The largest absolute Gasteiger partial charge is 3.00 e. The van der Waals surface area contributed by atoms with Gasteiger partial charge in [0.1, 0.15) is 0 Å². The van der Waals surface area contributed by atoms with Crippen LogP contribution in [0.5, 0.6) is 0 Å². The average molecular weight is 581 g/mol. The van der Waals surface area contributed by atoms with E-state index in [4.69, 9.17) is 37.8 Å². The van der Waals surface area contributed by atoms with Gasteiger partial charge in [-0.2, -0.15) is 0 Å². The minimum atomic E-state index is -3.65. The first-order valence-corrected chi connectivity index (χ1v) is 7.22. The Labute approximate surface area is 104 Å². The van der Waals surface area contributed by atoms with Crippen LogP contribution in [0.15, 0.2) is 0 Å². The summed E-state index contributed by atoms with van der Waals surface area (Å²) in [6, 6.07) is 0. The molecule has 0 fully saturated rings. The van der Waals surface area contributed by atoms with E-state index in [1.807, 2.05) is 0 Å². The summed E-state index contributed by atoms with van der Waals surface area (Å²) < 4.78 is 76.7. The molecule has 0 aliphatic carbocycles. The van der Waals surface area contributed by atoms with Crippen LogP contribution in [0.1, 0.15) is 0 Å². The Morgan fingerprint density at radius 1 is 0.385 bits per heavy atom. The summed E-state index contributed by atoms with van der Waals surface area (Å²) in [5, 5.41) is 0.